The molecule has 25 heavy (non-hydrogen) atoms. The molecule has 0 aliphatic carbocycles. The van der Waals surface area contributed by atoms with E-state index in [0.717, 1.165) is 0 Å². The largest absolute Gasteiger partial charge is 0.508 e. The molecule has 7 heteroatoms. The number of carbonyl (C=O) groups is 1. The lowest BCUT2D eigenvalue weighted by Gasteiger charge is -2.10. The average molecular weight is 339 g/mol. The Morgan fingerprint density at radius 2 is 1.88 bits per heavy atom. The van der Waals surface area contributed by atoms with Crippen LogP contribution in [0.25, 0.3) is 0 Å². The summed E-state index contributed by atoms with van der Waals surface area (Å²) in [5, 5.41) is 23.9. The van der Waals surface area contributed by atoms with E-state index in [1.165, 1.54) is 37.6 Å². The molecule has 0 radical (unpaired) electrons. The van der Waals surface area contributed by atoms with E-state index < -0.39 is 5.91 Å². The Morgan fingerprint density at radius 1 is 1.16 bits per heavy atom. The molecule has 0 atom stereocenters. The smallest absolute Gasteiger partial charge is 0.267 e. The summed E-state index contributed by atoms with van der Waals surface area (Å²) in [6, 6.07) is 12.9. The van der Waals surface area contributed by atoms with Crippen LogP contribution >= 0.6 is 0 Å². The molecule has 128 valence electrons. The van der Waals surface area contributed by atoms with Crippen LogP contribution in [0.1, 0.15) is 0 Å². The van der Waals surface area contributed by atoms with Gasteiger partial charge in [-0.05, 0) is 36.4 Å². The number of rotatable bonds is 6. The Balaban J connectivity index is 2.13. The number of hydrogen-bond acceptors (Lipinski definition) is 6. The minimum atomic E-state index is -0.576. The Bertz CT molecular complexity index is 823. The second-order valence-electron chi connectivity index (χ2n) is 4.88. The molecule has 0 heterocycles. The molecule has 7 nitrogen and oxygen atoms in total. The maximum atomic E-state index is 12.1. The van der Waals surface area contributed by atoms with E-state index in [2.05, 4.69) is 10.6 Å². The van der Waals surface area contributed by atoms with Gasteiger partial charge in [0.2, 0.25) is 0 Å². The first kappa shape index (κ1) is 17.7. The molecule has 0 aromatic heterocycles. The highest BCUT2D eigenvalue weighted by Crippen LogP contribution is 2.29. The number of carbonyl (C=O) groups excluding carboxylic acids is 1. The third-order valence-electron chi connectivity index (χ3n) is 3.27. The number of phenolic OH excluding ortho intramolecular Hbond substituents is 1. The van der Waals surface area contributed by atoms with Crippen molar-refractivity contribution in [2.24, 2.45) is 0 Å². The van der Waals surface area contributed by atoms with Crippen LogP contribution in [0.3, 0.4) is 0 Å². The summed E-state index contributed by atoms with van der Waals surface area (Å²) in [4.78, 5) is 12.1. The number of nitrogens with one attached hydrogen (secondary N) is 2. The van der Waals surface area contributed by atoms with E-state index >= 15 is 0 Å². The summed E-state index contributed by atoms with van der Waals surface area (Å²) >= 11 is 0. The molecule has 1 amide bonds. The predicted octanol–water partition coefficient (Wildman–Crippen LogP) is 2.87. The fourth-order valence-electron chi connectivity index (χ4n) is 1.96. The van der Waals surface area contributed by atoms with Crippen molar-refractivity contribution < 1.29 is 19.4 Å². The summed E-state index contributed by atoms with van der Waals surface area (Å²) in [6.45, 7) is 0. The van der Waals surface area contributed by atoms with Gasteiger partial charge in [-0.25, -0.2) is 0 Å². The van der Waals surface area contributed by atoms with Gasteiger partial charge in [0.05, 0.1) is 19.9 Å². The third kappa shape index (κ3) is 4.65. The van der Waals surface area contributed by atoms with Crippen LogP contribution in [0, 0.1) is 11.3 Å². The first-order chi connectivity index (χ1) is 12.1. The number of aromatic hydroxyl groups is 1. The number of phenols is 1. The van der Waals surface area contributed by atoms with E-state index in [4.69, 9.17) is 9.47 Å². The topological polar surface area (TPSA) is 104 Å². The molecule has 0 aliphatic rings. The molecule has 3 N–H and O–H groups in total. The lowest BCUT2D eigenvalue weighted by molar-refractivity contribution is -0.112. The number of nitrogens with zero attached hydrogens (tertiary/aromatic N) is 1. The number of amides is 1. The molecule has 2 rings (SSSR count). The second kappa shape index (κ2) is 8.26. The second-order valence-corrected chi connectivity index (χ2v) is 4.88. The lowest BCUT2D eigenvalue weighted by atomic mass is 10.2. The van der Waals surface area contributed by atoms with Gasteiger partial charge < -0.3 is 25.2 Å². The van der Waals surface area contributed by atoms with Crippen molar-refractivity contribution in [3.05, 3.63) is 54.2 Å². The summed E-state index contributed by atoms with van der Waals surface area (Å²) in [5.74, 6) is 0.638. The molecule has 0 unspecified atom stereocenters. The Hall–Kier alpha value is -3.66. The van der Waals surface area contributed by atoms with E-state index in [0.29, 0.717) is 22.9 Å². The van der Waals surface area contributed by atoms with E-state index in [1.807, 2.05) is 6.07 Å². The summed E-state index contributed by atoms with van der Waals surface area (Å²) < 4.78 is 10.4. The Labute approximate surface area is 145 Å². The van der Waals surface area contributed by atoms with Crippen LogP contribution in [0.4, 0.5) is 11.4 Å². The lowest BCUT2D eigenvalue weighted by Crippen LogP contribution is -2.14. The average Bonchev–Trinajstić information content (AvgIpc) is 2.64. The predicted molar refractivity (Wildman–Crippen MR) is 93.6 cm³/mol. The molecule has 2 aromatic rings. The zero-order chi connectivity index (χ0) is 18.2. The number of hydrogen-bond donors (Lipinski definition) is 3. The zero-order valence-corrected chi connectivity index (χ0v) is 13.7. The first-order valence-electron chi connectivity index (χ1n) is 7.26. The molecular formula is C18H17N3O4. The highest BCUT2D eigenvalue weighted by molar-refractivity contribution is 6.06. The van der Waals surface area contributed by atoms with Gasteiger partial charge in [0.15, 0.2) is 0 Å². The van der Waals surface area contributed by atoms with Gasteiger partial charge in [-0.2, -0.15) is 5.26 Å². The molecule has 0 fully saturated rings. The van der Waals surface area contributed by atoms with Gasteiger partial charge in [0.25, 0.3) is 5.91 Å². The number of ether oxygens (including phenoxy) is 2. The first-order valence-corrected chi connectivity index (χ1v) is 7.26. The van der Waals surface area contributed by atoms with Gasteiger partial charge in [0.1, 0.15) is 28.9 Å². The molecule has 0 saturated heterocycles. The van der Waals surface area contributed by atoms with E-state index in [9.17, 15) is 15.2 Å². The van der Waals surface area contributed by atoms with Crippen molar-refractivity contribution in [1.82, 2.24) is 0 Å². The molecule has 0 bridgehead atoms. The van der Waals surface area contributed by atoms with Crippen LogP contribution in [-0.4, -0.2) is 25.2 Å². The van der Waals surface area contributed by atoms with Crippen molar-refractivity contribution in [2.45, 2.75) is 0 Å². The van der Waals surface area contributed by atoms with Crippen molar-refractivity contribution >= 4 is 17.3 Å². The van der Waals surface area contributed by atoms with Crippen molar-refractivity contribution in [2.75, 3.05) is 24.9 Å². The van der Waals surface area contributed by atoms with Crippen LogP contribution in [0.15, 0.2) is 54.2 Å². The fourth-order valence-corrected chi connectivity index (χ4v) is 1.96. The van der Waals surface area contributed by atoms with Crippen LogP contribution in [0.5, 0.6) is 17.2 Å². The number of nitriles is 1. The highest BCUT2D eigenvalue weighted by Gasteiger charge is 2.10. The third-order valence-corrected chi connectivity index (χ3v) is 3.27. The fraction of sp³-hybridized carbons (Fsp3) is 0.111. The summed E-state index contributed by atoms with van der Waals surface area (Å²) in [7, 11) is 3.05. The van der Waals surface area contributed by atoms with Gasteiger partial charge in [0, 0.05) is 18.0 Å². The SMILES string of the molecule is COc1ccc(N/C=C(/C#N)C(=O)Nc2ccc(O)cc2)c(OC)c1. The Morgan fingerprint density at radius 3 is 2.48 bits per heavy atom. The van der Waals surface area contributed by atoms with Crippen molar-refractivity contribution in [3.63, 3.8) is 0 Å². The van der Waals surface area contributed by atoms with Crippen LogP contribution in [0.2, 0.25) is 0 Å². The van der Waals surface area contributed by atoms with E-state index in [1.54, 1.807) is 25.3 Å². The standard InChI is InChI=1S/C18H17N3O4/c1-24-15-7-8-16(17(9-15)25-2)20-11-12(10-19)18(23)21-13-3-5-14(22)6-4-13/h3-9,11,20,22H,1-2H3,(H,21,23)/b12-11-. The minimum Gasteiger partial charge on any atom is -0.508 e. The van der Waals surface area contributed by atoms with Gasteiger partial charge >= 0.3 is 0 Å². The number of methoxy groups -OCH3 is 2. The Kier molecular flexibility index (Phi) is 5.85. The molecule has 0 saturated carbocycles. The number of anilines is 2. The molecular weight excluding hydrogens is 322 g/mol. The van der Waals surface area contributed by atoms with Crippen molar-refractivity contribution in [1.29, 1.82) is 5.26 Å². The maximum absolute atomic E-state index is 12.1. The summed E-state index contributed by atoms with van der Waals surface area (Å²) in [6.07, 6.45) is 1.29. The quantitative estimate of drug-likeness (QED) is 0.425. The molecule has 0 aliphatic heterocycles. The normalized spacial score (nSPS) is 10.5. The number of benzene rings is 2. The van der Waals surface area contributed by atoms with E-state index in [-0.39, 0.29) is 11.3 Å². The van der Waals surface area contributed by atoms with Gasteiger partial charge in [-0.3, -0.25) is 4.79 Å². The monoisotopic (exact) mass is 339 g/mol. The van der Waals surface area contributed by atoms with Crippen LogP contribution in [-0.2, 0) is 4.79 Å². The highest BCUT2D eigenvalue weighted by atomic mass is 16.5. The van der Waals surface area contributed by atoms with Gasteiger partial charge in [-0.15, -0.1) is 0 Å². The molecule has 2 aromatic carbocycles. The van der Waals surface area contributed by atoms with Crippen molar-refractivity contribution in [3.8, 4) is 23.3 Å². The van der Waals surface area contributed by atoms with Gasteiger partial charge in [-0.1, -0.05) is 0 Å². The zero-order valence-electron chi connectivity index (χ0n) is 13.7. The van der Waals surface area contributed by atoms with Crippen LogP contribution < -0.4 is 20.1 Å². The summed E-state index contributed by atoms with van der Waals surface area (Å²) in [5.41, 5.74) is 0.922. The molecule has 0 spiro atoms. The maximum Gasteiger partial charge on any atom is 0.267 e. The minimum absolute atomic E-state index is 0.0855.